The zero-order chi connectivity index (χ0) is 75.2. The van der Waals surface area contributed by atoms with E-state index in [1.807, 2.05) is 0 Å². The lowest BCUT2D eigenvalue weighted by molar-refractivity contribution is -0.138. The van der Waals surface area contributed by atoms with Crippen LogP contribution in [0.3, 0.4) is 0 Å². The summed E-state index contributed by atoms with van der Waals surface area (Å²) in [6, 6.07) is 24.3. The molecule has 0 fully saturated rings. The fourth-order valence-corrected chi connectivity index (χ4v) is 13.5. The lowest BCUT2D eigenvalue weighted by Gasteiger charge is -2.25. The standard InChI is InChI=1S/C20H14Cl2F3N3O4S.C18H10Cl2F3N3O3S.C14H10BrCl2F3N2O3S.C8H10N2O2.CH4.ClH/c1-32-11-28(33(30,31)13-5-6-15(22)14(9-13)20(23,24)25)17-8-12(21)10-27-18(17)19(29)16-4-2-3-7-26-16;19-10-7-15(16(25-9-10)17(27)14-3-1-2-6-24-14)26-30(28,29)11-4-5-13(20)12(8-11)18(21,22)23;1-25-7-22(12-4-8(16)6-21-13(12)15)26(23,24)9-2-3-11(17)10(5-9)14(18,19)20;1-10(12-2)8(11)7-5-3-4-6-9-7;;/h2-10H,11H2,1H3;1-9,26H;2-6H,7H2,1H3;3-6H,1-2H3;1H4;1H. The fourth-order valence-electron chi connectivity index (χ4n) is 7.93. The number of carbonyl (C=O) groups excluding carboxylic acids is 3. The number of amides is 1. The molecule has 0 unspecified atom stereocenters. The van der Waals surface area contributed by atoms with Gasteiger partial charge >= 0.3 is 18.5 Å². The Hall–Kier alpha value is -7.62. The molecule has 0 aliphatic rings. The second kappa shape index (κ2) is 37.4. The van der Waals surface area contributed by atoms with Gasteiger partial charge in [0.15, 0.2) is 0 Å². The number of hydrogen-bond acceptors (Lipinski definition) is 18. The molecule has 3 aromatic carbocycles. The minimum Gasteiger partial charge on any atom is -0.363 e. The van der Waals surface area contributed by atoms with Crippen molar-refractivity contribution in [3.05, 3.63) is 244 Å². The van der Waals surface area contributed by atoms with E-state index in [4.69, 9.17) is 83.9 Å². The van der Waals surface area contributed by atoms with E-state index in [9.17, 15) is 79.2 Å². The molecule has 0 saturated carbocycles. The van der Waals surface area contributed by atoms with E-state index in [0.717, 1.165) is 70.3 Å². The third-order valence-electron chi connectivity index (χ3n) is 12.6. The third-order valence-corrected chi connectivity index (χ3v) is 19.7. The zero-order valence-electron chi connectivity index (χ0n) is 51.6. The topological polar surface area (TPSA) is 280 Å². The van der Waals surface area contributed by atoms with E-state index < -0.39 is 120 Å². The summed E-state index contributed by atoms with van der Waals surface area (Å²) < 4.78 is 210. The molecule has 0 bridgehead atoms. The van der Waals surface area contributed by atoms with Gasteiger partial charge in [-0.05, 0) is 125 Å². The highest BCUT2D eigenvalue weighted by Gasteiger charge is 2.39. The van der Waals surface area contributed by atoms with E-state index in [-0.39, 0.29) is 85.2 Å². The van der Waals surface area contributed by atoms with Crippen molar-refractivity contribution in [3.8, 4) is 0 Å². The van der Waals surface area contributed by atoms with Crippen LogP contribution in [0.25, 0.3) is 0 Å². The van der Waals surface area contributed by atoms with Crippen LogP contribution in [-0.2, 0) is 62.9 Å². The first-order valence-electron chi connectivity index (χ1n) is 27.1. The number of aromatic nitrogens is 6. The number of alkyl halides is 9. The number of hydrogen-bond donors (Lipinski definition) is 1. The number of benzene rings is 3. The molecule has 0 atom stereocenters. The highest BCUT2D eigenvalue weighted by atomic mass is 79.9. The largest absolute Gasteiger partial charge is 0.417 e. The average Bonchev–Trinajstić information content (AvgIpc) is 0.775. The lowest BCUT2D eigenvalue weighted by Crippen LogP contribution is -2.34. The van der Waals surface area contributed by atoms with Gasteiger partial charge in [-0.25, -0.2) is 53.9 Å². The summed E-state index contributed by atoms with van der Waals surface area (Å²) in [6.45, 7) is -1.14. The number of nitrogens with zero attached hydrogens (tertiary/aromatic N) is 9. The van der Waals surface area contributed by atoms with Gasteiger partial charge in [0.25, 0.3) is 36.0 Å². The number of anilines is 3. The summed E-state index contributed by atoms with van der Waals surface area (Å²) in [5.41, 5.74) is -4.88. The van der Waals surface area contributed by atoms with Crippen LogP contribution >= 0.6 is 97.9 Å². The number of methoxy groups -OCH3 is 2. The van der Waals surface area contributed by atoms with Crippen molar-refractivity contribution in [1.82, 2.24) is 35.0 Å². The summed E-state index contributed by atoms with van der Waals surface area (Å²) in [5.74, 6) is -1.69. The maximum Gasteiger partial charge on any atom is 0.417 e. The molecule has 9 rings (SSSR count). The molecule has 0 aliphatic carbocycles. The number of ether oxygens (including phenoxy) is 2. The van der Waals surface area contributed by atoms with Gasteiger partial charge in [0.1, 0.15) is 46.5 Å². The van der Waals surface area contributed by atoms with Crippen LogP contribution in [0.4, 0.5) is 56.6 Å². The van der Waals surface area contributed by atoms with Gasteiger partial charge < -0.3 is 9.47 Å². The van der Waals surface area contributed by atoms with Gasteiger partial charge in [0, 0.05) is 58.4 Å². The van der Waals surface area contributed by atoms with E-state index in [1.54, 1.807) is 48.7 Å². The maximum absolute atomic E-state index is 13.4. The van der Waals surface area contributed by atoms with Crippen LogP contribution in [0.1, 0.15) is 67.0 Å². The van der Waals surface area contributed by atoms with Gasteiger partial charge in [0.05, 0.1) is 85.7 Å². The van der Waals surface area contributed by atoms with Crippen molar-refractivity contribution < 1.29 is 93.5 Å². The van der Waals surface area contributed by atoms with Crippen molar-refractivity contribution in [2.75, 3.05) is 55.2 Å². The number of rotatable bonds is 19. The predicted molar refractivity (Wildman–Crippen MR) is 371 cm³/mol. The molecule has 552 valence electrons. The number of nitrogens with one attached hydrogen (secondary N) is 1. The molecular formula is C61H49BrCl7F9N10O12S3. The monoisotopic (exact) mass is 1700 g/mol. The summed E-state index contributed by atoms with van der Waals surface area (Å²) in [7, 11) is -8.30. The molecule has 22 nitrogen and oxygen atoms in total. The van der Waals surface area contributed by atoms with Crippen molar-refractivity contribution >= 4 is 163 Å². The van der Waals surface area contributed by atoms with Crippen molar-refractivity contribution in [1.29, 1.82) is 0 Å². The molecule has 103 heavy (non-hydrogen) atoms. The zero-order valence-corrected chi connectivity index (χ0v) is 61.0. The minimum atomic E-state index is -4.90. The molecule has 0 spiro atoms. The van der Waals surface area contributed by atoms with Crippen LogP contribution in [0.5, 0.6) is 0 Å². The number of carbonyl (C=O) groups is 3. The maximum atomic E-state index is 13.4. The quantitative estimate of drug-likeness (QED) is 0.0259. The molecule has 1 N–H and O–H groups in total. The van der Waals surface area contributed by atoms with Gasteiger partial charge in [0.2, 0.25) is 11.6 Å². The Kier molecular flexibility index (Phi) is 31.9. The van der Waals surface area contributed by atoms with E-state index in [0.29, 0.717) is 28.2 Å². The molecule has 0 radical (unpaired) electrons. The summed E-state index contributed by atoms with van der Waals surface area (Å²) in [5, 5.41) is -0.704. The molecular weight excluding hydrogens is 1660 g/mol. The summed E-state index contributed by atoms with van der Waals surface area (Å²) in [6.07, 6.45) is -6.76. The number of ketones is 2. The Morgan fingerprint density at radius 3 is 1.24 bits per heavy atom. The Morgan fingerprint density at radius 1 is 0.485 bits per heavy atom. The van der Waals surface area contributed by atoms with Crippen LogP contribution in [-0.4, -0.2) is 120 Å². The average molecular weight is 1710 g/mol. The number of hydroxylamine groups is 2. The highest BCUT2D eigenvalue weighted by Crippen LogP contribution is 2.41. The Morgan fingerprint density at radius 2 is 0.845 bits per heavy atom. The summed E-state index contributed by atoms with van der Waals surface area (Å²) in [4.78, 5) is 63.0. The smallest absolute Gasteiger partial charge is 0.363 e. The first-order valence-corrected chi connectivity index (χ1v) is 34.5. The Labute approximate surface area is 626 Å². The second-order valence-corrected chi connectivity index (χ2v) is 28.1. The van der Waals surface area contributed by atoms with Crippen molar-refractivity contribution in [3.63, 3.8) is 0 Å². The predicted octanol–water partition coefficient (Wildman–Crippen LogP) is 16.4. The first kappa shape index (κ1) is 87.8. The van der Waals surface area contributed by atoms with Gasteiger partial charge in [-0.1, -0.05) is 95.2 Å². The van der Waals surface area contributed by atoms with Gasteiger partial charge in [-0.2, -0.15) is 39.5 Å². The summed E-state index contributed by atoms with van der Waals surface area (Å²) >= 11 is 37.5. The number of pyridine rings is 6. The highest BCUT2D eigenvalue weighted by molar-refractivity contribution is 9.10. The molecule has 9 aromatic rings. The fraction of sp³-hybridized carbons (Fsp3) is 0.164. The van der Waals surface area contributed by atoms with Crippen LogP contribution in [0, 0.1) is 0 Å². The van der Waals surface area contributed by atoms with Crippen LogP contribution in [0.15, 0.2) is 184 Å². The Bertz CT molecular complexity index is 4840. The van der Waals surface area contributed by atoms with Crippen LogP contribution in [0.2, 0.25) is 30.1 Å². The van der Waals surface area contributed by atoms with Crippen molar-refractivity contribution in [2.45, 2.75) is 40.6 Å². The van der Waals surface area contributed by atoms with Gasteiger partial charge in [-0.15, -0.1) is 12.4 Å². The SMILES string of the molecule is C.COCN(c1cc(Cl)cnc1Br)S(=O)(=O)c1ccc(Cl)c(C(F)(F)F)c1.COCN(c1cc(Cl)cnc1C(=O)c1ccccn1)S(=O)(=O)c1ccc(Cl)c(C(F)(F)F)c1.CON(C)C(=O)c1ccccn1.Cl.O=C(c1ccccn1)c1ncc(Cl)cc1NS(=O)(=O)c1ccc(Cl)c(C(F)(F)F)c1. The molecule has 0 aliphatic heterocycles. The second-order valence-electron chi connectivity index (χ2n) is 19.4. The van der Waals surface area contributed by atoms with E-state index in [1.165, 1.54) is 65.2 Å². The van der Waals surface area contributed by atoms with E-state index >= 15 is 0 Å². The molecule has 42 heteroatoms. The normalized spacial score (nSPS) is 11.5. The molecule has 1 amide bonds. The van der Waals surface area contributed by atoms with E-state index in [2.05, 4.69) is 50.6 Å². The number of halogens is 17. The van der Waals surface area contributed by atoms with Crippen LogP contribution < -0.4 is 13.3 Å². The van der Waals surface area contributed by atoms with Gasteiger partial charge in [-0.3, -0.25) is 38.9 Å². The van der Waals surface area contributed by atoms with Crippen molar-refractivity contribution in [2.24, 2.45) is 0 Å². The minimum absolute atomic E-state index is 0. The molecule has 6 aromatic heterocycles. The molecule has 6 heterocycles. The third kappa shape index (κ3) is 22.9. The molecule has 0 saturated heterocycles. The lowest BCUT2D eigenvalue weighted by atomic mass is 10.1. The number of sulfonamides is 3. The first-order chi connectivity index (χ1) is 47.2. The Balaban J connectivity index is 0.000000301.